The first-order chi connectivity index (χ1) is 16.7. The molecule has 0 amide bonds. The third-order valence-electron chi connectivity index (χ3n) is 5.71. The van der Waals surface area contributed by atoms with Gasteiger partial charge in [-0.1, -0.05) is 0 Å². The van der Waals surface area contributed by atoms with Crippen LogP contribution in [-0.2, 0) is 0 Å². The first kappa shape index (κ1) is 21.9. The van der Waals surface area contributed by atoms with E-state index in [0.717, 1.165) is 13.0 Å². The number of halogens is 3. The third kappa shape index (κ3) is 3.33. The lowest BCUT2D eigenvalue weighted by molar-refractivity contribution is 0.487. The fourth-order valence-corrected chi connectivity index (χ4v) is 3.98. The molecule has 5 rings (SSSR count). The number of hydrogen-bond donors (Lipinski definition) is 2. The molecule has 0 aliphatic heterocycles. The maximum atomic E-state index is 15.2. The van der Waals surface area contributed by atoms with Gasteiger partial charge < -0.3 is 5.73 Å². The van der Waals surface area contributed by atoms with Gasteiger partial charge in [-0.3, -0.25) is 0 Å². The van der Waals surface area contributed by atoms with Gasteiger partial charge in [0, 0.05) is 28.5 Å². The van der Waals surface area contributed by atoms with Crippen molar-refractivity contribution < 1.29 is 13.2 Å². The molecule has 12 heteroatoms. The summed E-state index contributed by atoms with van der Waals surface area (Å²) >= 11 is 0. The number of fused-ring (bicyclic) bond motifs is 1. The van der Waals surface area contributed by atoms with E-state index in [1.165, 1.54) is 27.4 Å². The Morgan fingerprint density at radius 1 is 1.06 bits per heavy atom. The van der Waals surface area contributed by atoms with E-state index in [-0.39, 0.29) is 28.5 Å². The van der Waals surface area contributed by atoms with Gasteiger partial charge in [0.15, 0.2) is 23.1 Å². The zero-order valence-electron chi connectivity index (χ0n) is 18.3. The SMILES string of the molecule is Cc1c(F)c(F)cc(-c2c(C)c(-c3n[nH]c(=O)n3-c3ccc(C#N)cc3)cn3nc(N)nc23)c1F. The molecule has 0 radical (unpaired) electrons. The van der Waals surface area contributed by atoms with Crippen molar-refractivity contribution >= 4 is 11.6 Å². The number of nitrogens with two attached hydrogens (primary N) is 1. The van der Waals surface area contributed by atoms with Gasteiger partial charge in [-0.25, -0.2) is 32.1 Å². The maximum Gasteiger partial charge on any atom is 0.348 e. The average molecular weight is 476 g/mol. The van der Waals surface area contributed by atoms with E-state index in [2.05, 4.69) is 20.3 Å². The highest BCUT2D eigenvalue weighted by atomic mass is 19.2. The number of nitriles is 1. The Labute approximate surface area is 194 Å². The molecule has 3 aromatic heterocycles. The van der Waals surface area contributed by atoms with Gasteiger partial charge in [-0.05, 0) is 49.7 Å². The van der Waals surface area contributed by atoms with Gasteiger partial charge in [-0.2, -0.15) is 15.3 Å². The topological polar surface area (TPSA) is 131 Å². The van der Waals surface area contributed by atoms with Crippen LogP contribution in [0.4, 0.5) is 19.1 Å². The molecule has 0 saturated heterocycles. The Balaban J connectivity index is 1.85. The lowest BCUT2D eigenvalue weighted by atomic mass is 9.95. The van der Waals surface area contributed by atoms with Crippen LogP contribution in [0.25, 0.3) is 33.8 Å². The monoisotopic (exact) mass is 476 g/mol. The summed E-state index contributed by atoms with van der Waals surface area (Å²) in [6.45, 7) is 2.73. The van der Waals surface area contributed by atoms with Crippen molar-refractivity contribution in [2.24, 2.45) is 0 Å². The number of aromatic nitrogens is 6. The molecule has 0 fully saturated rings. The van der Waals surface area contributed by atoms with Crippen molar-refractivity contribution in [3.05, 3.63) is 81.2 Å². The molecule has 3 heterocycles. The summed E-state index contributed by atoms with van der Waals surface area (Å²) in [5.74, 6) is -3.50. The van der Waals surface area contributed by atoms with E-state index in [0.29, 0.717) is 22.4 Å². The number of nitrogens with zero attached hydrogens (tertiary/aromatic N) is 6. The Morgan fingerprint density at radius 3 is 2.46 bits per heavy atom. The number of nitrogens with one attached hydrogen (secondary N) is 1. The Hall–Kier alpha value is -4.92. The second-order valence-corrected chi connectivity index (χ2v) is 7.79. The van der Waals surface area contributed by atoms with Crippen LogP contribution in [0.15, 0.2) is 41.3 Å². The minimum Gasteiger partial charge on any atom is -0.366 e. The summed E-state index contributed by atoms with van der Waals surface area (Å²) in [6, 6.07) is 8.96. The lowest BCUT2D eigenvalue weighted by Gasteiger charge is -2.15. The van der Waals surface area contributed by atoms with Crippen molar-refractivity contribution in [3.8, 4) is 34.3 Å². The van der Waals surface area contributed by atoms with E-state index in [1.54, 1.807) is 19.1 Å². The number of nitrogen functional groups attached to an aromatic ring is 1. The predicted octanol–water partition coefficient (Wildman–Crippen LogP) is 3.43. The van der Waals surface area contributed by atoms with Crippen molar-refractivity contribution in [2.75, 3.05) is 5.73 Å². The van der Waals surface area contributed by atoms with Crippen molar-refractivity contribution in [1.82, 2.24) is 29.4 Å². The van der Waals surface area contributed by atoms with Gasteiger partial charge in [-0.15, -0.1) is 5.10 Å². The highest BCUT2D eigenvalue weighted by Crippen LogP contribution is 2.37. The molecule has 3 N–H and O–H groups in total. The number of anilines is 1. The molecule has 9 nitrogen and oxygen atoms in total. The van der Waals surface area contributed by atoms with E-state index < -0.39 is 28.7 Å². The fraction of sp³-hybridized carbons (Fsp3) is 0.0870. The first-order valence-corrected chi connectivity index (χ1v) is 10.2. The standard InChI is InChI=1S/C23H15F3N8O/c1-10-15(20-30-31-23(35)34(20)13-5-3-12(8-27)4-6-13)9-33-21(29-22(28)32-33)17(10)14-7-16(24)19(26)11(2)18(14)25/h3-7,9H,1-2H3,(H2,28,32)(H,31,35). The molecule has 0 unspecified atom stereocenters. The molecule has 0 spiro atoms. The second kappa shape index (κ2) is 7.84. The summed E-state index contributed by atoms with van der Waals surface area (Å²) in [6.07, 6.45) is 1.50. The van der Waals surface area contributed by atoms with Gasteiger partial charge >= 0.3 is 5.69 Å². The van der Waals surface area contributed by atoms with Gasteiger partial charge in [0.1, 0.15) is 5.82 Å². The summed E-state index contributed by atoms with van der Waals surface area (Å²) in [5.41, 5.74) is 6.16. The molecule has 35 heavy (non-hydrogen) atoms. The molecular formula is C23H15F3N8O. The second-order valence-electron chi connectivity index (χ2n) is 7.79. The average Bonchev–Trinajstić information content (AvgIpc) is 3.41. The Bertz CT molecular complexity index is 1740. The number of aromatic amines is 1. The molecule has 174 valence electrons. The minimum atomic E-state index is -1.29. The maximum absolute atomic E-state index is 15.2. The van der Waals surface area contributed by atoms with Crippen LogP contribution >= 0.6 is 0 Å². The van der Waals surface area contributed by atoms with E-state index in [1.807, 2.05) is 6.07 Å². The van der Waals surface area contributed by atoms with Crippen molar-refractivity contribution in [2.45, 2.75) is 13.8 Å². The largest absolute Gasteiger partial charge is 0.366 e. The van der Waals surface area contributed by atoms with Crippen LogP contribution in [-0.4, -0.2) is 29.4 Å². The van der Waals surface area contributed by atoms with Crippen LogP contribution in [0.2, 0.25) is 0 Å². The van der Waals surface area contributed by atoms with Crippen LogP contribution in [0.5, 0.6) is 0 Å². The zero-order chi connectivity index (χ0) is 25.0. The highest BCUT2D eigenvalue weighted by Gasteiger charge is 2.25. The molecule has 0 aliphatic rings. The van der Waals surface area contributed by atoms with Gasteiger partial charge in [0.2, 0.25) is 5.95 Å². The van der Waals surface area contributed by atoms with E-state index in [9.17, 15) is 13.6 Å². The Morgan fingerprint density at radius 2 is 1.77 bits per heavy atom. The minimum absolute atomic E-state index is 0.105. The number of H-pyrrole nitrogens is 1. The van der Waals surface area contributed by atoms with E-state index >= 15 is 4.39 Å². The molecule has 2 aromatic carbocycles. The molecule has 0 atom stereocenters. The molecule has 5 aromatic rings. The number of pyridine rings is 1. The number of hydrogen-bond acceptors (Lipinski definition) is 6. The van der Waals surface area contributed by atoms with E-state index in [4.69, 9.17) is 11.0 Å². The Kier molecular flexibility index (Phi) is 4.91. The van der Waals surface area contributed by atoms with Crippen LogP contribution < -0.4 is 11.4 Å². The summed E-state index contributed by atoms with van der Waals surface area (Å²) in [5, 5.41) is 19.6. The van der Waals surface area contributed by atoms with Crippen LogP contribution in [0.3, 0.4) is 0 Å². The highest BCUT2D eigenvalue weighted by molar-refractivity contribution is 5.86. The van der Waals surface area contributed by atoms with Crippen molar-refractivity contribution in [3.63, 3.8) is 0 Å². The number of rotatable bonds is 3. The predicted molar refractivity (Wildman–Crippen MR) is 120 cm³/mol. The molecule has 0 aliphatic carbocycles. The van der Waals surface area contributed by atoms with Crippen LogP contribution in [0.1, 0.15) is 16.7 Å². The van der Waals surface area contributed by atoms with Crippen LogP contribution in [0, 0.1) is 42.6 Å². The number of benzene rings is 2. The summed E-state index contributed by atoms with van der Waals surface area (Å²) in [7, 11) is 0. The lowest BCUT2D eigenvalue weighted by Crippen LogP contribution is -2.16. The molecule has 0 saturated carbocycles. The van der Waals surface area contributed by atoms with Crippen molar-refractivity contribution in [1.29, 1.82) is 5.26 Å². The first-order valence-electron chi connectivity index (χ1n) is 10.2. The quantitative estimate of drug-likeness (QED) is 0.384. The molecule has 0 bridgehead atoms. The smallest absolute Gasteiger partial charge is 0.348 e. The molecular weight excluding hydrogens is 461 g/mol. The third-order valence-corrected chi connectivity index (χ3v) is 5.71. The van der Waals surface area contributed by atoms with Gasteiger partial charge in [0.25, 0.3) is 0 Å². The summed E-state index contributed by atoms with van der Waals surface area (Å²) in [4.78, 5) is 16.8. The van der Waals surface area contributed by atoms with Gasteiger partial charge in [0.05, 0.1) is 17.3 Å². The zero-order valence-corrected chi connectivity index (χ0v) is 18.3. The normalized spacial score (nSPS) is 11.2. The summed E-state index contributed by atoms with van der Waals surface area (Å²) < 4.78 is 46.0. The fourth-order valence-electron chi connectivity index (χ4n) is 3.98.